The Labute approximate surface area is 163 Å². The maximum Gasteiger partial charge on any atom is 0.258 e. The van der Waals surface area contributed by atoms with E-state index in [-0.39, 0.29) is 16.8 Å². The number of benzene rings is 1. The van der Waals surface area contributed by atoms with Crippen LogP contribution in [0.15, 0.2) is 40.1 Å². The van der Waals surface area contributed by atoms with Crippen LogP contribution in [0.1, 0.15) is 23.0 Å². The highest BCUT2D eigenvalue weighted by molar-refractivity contribution is 7.14. The average molecular weight is 410 g/mol. The van der Waals surface area contributed by atoms with Crippen LogP contribution < -0.4 is 10.6 Å². The zero-order valence-corrected chi connectivity index (χ0v) is 15.8. The first kappa shape index (κ1) is 18.4. The molecule has 2 heterocycles. The molecule has 0 fully saturated rings. The van der Waals surface area contributed by atoms with Gasteiger partial charge in [0.25, 0.3) is 5.91 Å². The normalized spacial score (nSPS) is 10.6. The van der Waals surface area contributed by atoms with E-state index in [0.29, 0.717) is 39.5 Å². The second kappa shape index (κ2) is 7.90. The first-order chi connectivity index (χ1) is 12.4. The van der Waals surface area contributed by atoms with Crippen molar-refractivity contribution >= 4 is 51.5 Å². The van der Waals surface area contributed by atoms with E-state index < -0.39 is 0 Å². The third kappa shape index (κ3) is 4.43. The molecule has 0 aliphatic carbocycles. The topological polar surface area (TPSA) is 84.2 Å². The molecule has 0 spiro atoms. The fourth-order valence-electron chi connectivity index (χ4n) is 2.10. The predicted octanol–water partition coefficient (Wildman–Crippen LogP) is 4.60. The van der Waals surface area contributed by atoms with Crippen LogP contribution in [0.2, 0.25) is 10.0 Å². The smallest absolute Gasteiger partial charge is 0.258 e. The number of halogens is 2. The molecule has 0 aliphatic heterocycles. The van der Waals surface area contributed by atoms with Gasteiger partial charge in [-0.25, -0.2) is 4.98 Å². The van der Waals surface area contributed by atoms with Gasteiger partial charge in [-0.2, -0.15) is 0 Å². The van der Waals surface area contributed by atoms with Crippen LogP contribution in [0.5, 0.6) is 0 Å². The summed E-state index contributed by atoms with van der Waals surface area (Å²) in [7, 11) is 0. The molecule has 2 N–H and O–H groups in total. The molecule has 0 unspecified atom stereocenters. The molecule has 2 amide bonds. The Hall–Kier alpha value is -2.35. The predicted molar refractivity (Wildman–Crippen MR) is 102 cm³/mol. The lowest BCUT2D eigenvalue weighted by Crippen LogP contribution is -2.18. The van der Waals surface area contributed by atoms with Crippen LogP contribution in [0.4, 0.5) is 5.13 Å². The number of carbonyl (C=O) groups excluding carboxylic acids is 2. The highest BCUT2D eigenvalue weighted by Gasteiger charge is 2.14. The van der Waals surface area contributed by atoms with E-state index in [1.165, 1.54) is 24.3 Å². The zero-order valence-electron chi connectivity index (χ0n) is 13.5. The Morgan fingerprint density at radius 1 is 1.23 bits per heavy atom. The number of anilines is 1. The molecule has 0 radical (unpaired) electrons. The van der Waals surface area contributed by atoms with Crippen molar-refractivity contribution in [2.24, 2.45) is 0 Å². The molecule has 0 bridgehead atoms. The summed E-state index contributed by atoms with van der Waals surface area (Å²) in [6.45, 7) is 1.74. The van der Waals surface area contributed by atoms with E-state index in [9.17, 15) is 9.59 Å². The van der Waals surface area contributed by atoms with Crippen LogP contribution >= 0.6 is 34.5 Å². The number of hydrogen-bond acceptors (Lipinski definition) is 5. The van der Waals surface area contributed by atoms with Crippen molar-refractivity contribution in [3.63, 3.8) is 0 Å². The molecule has 134 valence electrons. The Bertz CT molecular complexity index is 968. The molecule has 0 aliphatic rings. The van der Waals surface area contributed by atoms with E-state index in [2.05, 4.69) is 15.6 Å². The maximum atomic E-state index is 12.3. The average Bonchev–Trinajstić information content (AvgIpc) is 3.21. The van der Waals surface area contributed by atoms with Gasteiger partial charge in [0, 0.05) is 17.3 Å². The lowest BCUT2D eigenvalue weighted by Gasteiger charge is -2.04. The minimum Gasteiger partial charge on any atom is -0.458 e. The van der Waals surface area contributed by atoms with Gasteiger partial charge in [0.05, 0.1) is 17.1 Å². The number of nitrogens with one attached hydrogen (secondary N) is 2. The van der Waals surface area contributed by atoms with Crippen molar-refractivity contribution < 1.29 is 14.0 Å². The number of hydrogen-bond donors (Lipinski definition) is 2. The summed E-state index contributed by atoms with van der Waals surface area (Å²) >= 11 is 13.1. The minimum absolute atomic E-state index is 0.137. The molecule has 6 nitrogen and oxygen atoms in total. The minimum atomic E-state index is -0.377. The standard InChI is InChI=1S/C17H13Cl2N3O3S/c1-9(23)20-7-11-3-5-15(25-11)14-8-26-17(21-14)22-16(24)12-4-2-10(18)6-13(12)19/h2-6,8H,7H2,1H3,(H,20,23)(H,21,22,24). The van der Waals surface area contributed by atoms with Crippen molar-refractivity contribution in [2.75, 3.05) is 5.32 Å². The molecule has 0 atom stereocenters. The van der Waals surface area contributed by atoms with E-state index in [0.717, 1.165) is 0 Å². The summed E-state index contributed by atoms with van der Waals surface area (Å²) in [5, 5.41) is 8.25. The molecule has 0 saturated carbocycles. The first-order valence-corrected chi connectivity index (χ1v) is 9.11. The van der Waals surface area contributed by atoms with Crippen LogP contribution in [-0.4, -0.2) is 16.8 Å². The van der Waals surface area contributed by atoms with E-state index in [1.54, 1.807) is 29.6 Å². The van der Waals surface area contributed by atoms with Gasteiger partial charge >= 0.3 is 0 Å². The van der Waals surface area contributed by atoms with Crippen LogP contribution in [0, 0.1) is 0 Å². The second-order valence-electron chi connectivity index (χ2n) is 5.29. The fourth-order valence-corrected chi connectivity index (χ4v) is 3.29. The van der Waals surface area contributed by atoms with Crippen molar-refractivity contribution in [1.29, 1.82) is 0 Å². The number of rotatable bonds is 5. The quantitative estimate of drug-likeness (QED) is 0.644. The molecular formula is C17H13Cl2N3O3S. The van der Waals surface area contributed by atoms with E-state index in [1.807, 2.05) is 0 Å². The van der Waals surface area contributed by atoms with Crippen LogP contribution in [0.25, 0.3) is 11.5 Å². The Kier molecular flexibility index (Phi) is 5.61. The van der Waals surface area contributed by atoms with Crippen molar-refractivity contribution in [1.82, 2.24) is 10.3 Å². The summed E-state index contributed by atoms with van der Waals surface area (Å²) in [5.74, 6) is 0.647. The van der Waals surface area contributed by atoms with Crippen LogP contribution in [0.3, 0.4) is 0 Å². The maximum absolute atomic E-state index is 12.3. The number of thiazole rings is 1. The Balaban J connectivity index is 1.70. The van der Waals surface area contributed by atoms with Gasteiger partial charge in [-0.05, 0) is 30.3 Å². The van der Waals surface area contributed by atoms with Gasteiger partial charge in [0.1, 0.15) is 11.5 Å². The summed E-state index contributed by atoms with van der Waals surface area (Å²) in [6, 6.07) is 8.17. The van der Waals surface area contributed by atoms with Gasteiger partial charge in [0.2, 0.25) is 5.91 Å². The molecule has 2 aromatic heterocycles. The van der Waals surface area contributed by atoms with Crippen molar-refractivity contribution in [2.45, 2.75) is 13.5 Å². The molecule has 3 rings (SSSR count). The number of amides is 2. The highest BCUT2D eigenvalue weighted by Crippen LogP contribution is 2.28. The molecule has 1 aromatic carbocycles. The summed E-state index contributed by atoms with van der Waals surface area (Å²) in [5.41, 5.74) is 0.894. The van der Waals surface area contributed by atoms with Crippen LogP contribution in [-0.2, 0) is 11.3 Å². The van der Waals surface area contributed by atoms with Crippen molar-refractivity contribution in [3.05, 3.63) is 57.1 Å². The number of aromatic nitrogens is 1. The lowest BCUT2D eigenvalue weighted by molar-refractivity contribution is -0.119. The molecule has 3 aromatic rings. The van der Waals surface area contributed by atoms with Crippen molar-refractivity contribution in [3.8, 4) is 11.5 Å². The number of furan rings is 1. The number of nitrogens with zero attached hydrogens (tertiary/aromatic N) is 1. The number of carbonyl (C=O) groups is 2. The Morgan fingerprint density at radius 2 is 2.04 bits per heavy atom. The first-order valence-electron chi connectivity index (χ1n) is 7.48. The zero-order chi connectivity index (χ0) is 18.7. The largest absolute Gasteiger partial charge is 0.458 e. The molecular weight excluding hydrogens is 397 g/mol. The van der Waals surface area contributed by atoms with E-state index in [4.69, 9.17) is 27.6 Å². The van der Waals surface area contributed by atoms with Gasteiger partial charge in [-0.3, -0.25) is 14.9 Å². The summed E-state index contributed by atoms with van der Waals surface area (Å²) in [4.78, 5) is 27.6. The van der Waals surface area contributed by atoms with Gasteiger partial charge in [-0.15, -0.1) is 11.3 Å². The Morgan fingerprint density at radius 3 is 2.77 bits per heavy atom. The SMILES string of the molecule is CC(=O)NCc1ccc(-c2csc(NC(=O)c3ccc(Cl)cc3Cl)n2)o1. The van der Waals surface area contributed by atoms with E-state index >= 15 is 0 Å². The molecule has 9 heteroatoms. The summed E-state index contributed by atoms with van der Waals surface area (Å²) in [6.07, 6.45) is 0. The third-order valence-electron chi connectivity index (χ3n) is 3.33. The lowest BCUT2D eigenvalue weighted by atomic mass is 10.2. The van der Waals surface area contributed by atoms with Gasteiger partial charge in [0.15, 0.2) is 10.9 Å². The van der Waals surface area contributed by atoms with Gasteiger partial charge in [-0.1, -0.05) is 23.2 Å². The van der Waals surface area contributed by atoms with Gasteiger partial charge < -0.3 is 9.73 Å². The highest BCUT2D eigenvalue weighted by atomic mass is 35.5. The molecule has 26 heavy (non-hydrogen) atoms. The second-order valence-corrected chi connectivity index (χ2v) is 6.99. The summed E-state index contributed by atoms with van der Waals surface area (Å²) < 4.78 is 5.64. The molecule has 0 saturated heterocycles. The third-order valence-corrected chi connectivity index (χ3v) is 4.63. The monoisotopic (exact) mass is 409 g/mol. The fraction of sp³-hybridized carbons (Fsp3) is 0.118.